The topological polar surface area (TPSA) is 67.4 Å². The lowest BCUT2D eigenvalue weighted by molar-refractivity contribution is -0.119. The van der Waals surface area contributed by atoms with E-state index in [1.807, 2.05) is 78.9 Å². The van der Waals surface area contributed by atoms with E-state index >= 15 is 0 Å². The van der Waals surface area contributed by atoms with E-state index in [2.05, 4.69) is 10.6 Å². The Morgan fingerprint density at radius 3 is 2.11 bits per heavy atom. The molecule has 4 aromatic rings. The number of ether oxygens (including phenoxy) is 1. The van der Waals surface area contributed by atoms with Gasteiger partial charge in [-0.1, -0.05) is 71.4 Å². The van der Waals surface area contributed by atoms with Crippen LogP contribution in [0.4, 0.5) is 11.4 Å². The zero-order valence-corrected chi connectivity index (χ0v) is 22.1. The number of amides is 1. The van der Waals surface area contributed by atoms with Crippen LogP contribution >= 0.6 is 35.0 Å². The maximum absolute atomic E-state index is 12.8. The van der Waals surface area contributed by atoms with Crippen LogP contribution in [-0.4, -0.2) is 25.0 Å². The smallest absolute Gasteiger partial charge is 0.340 e. The van der Waals surface area contributed by atoms with Crippen LogP contribution in [0.1, 0.15) is 15.9 Å². The summed E-state index contributed by atoms with van der Waals surface area (Å²) >= 11 is 13.4. The lowest BCUT2D eigenvalue weighted by atomic mass is 10.1. The summed E-state index contributed by atoms with van der Waals surface area (Å²) in [6.07, 6.45) is 0.760. The first-order valence-corrected chi connectivity index (χ1v) is 13.1. The molecule has 0 heterocycles. The largest absolute Gasteiger partial charge is 0.452 e. The molecule has 0 saturated carbocycles. The minimum Gasteiger partial charge on any atom is -0.452 e. The Morgan fingerprint density at radius 2 is 1.38 bits per heavy atom. The Bertz CT molecular complexity index is 1360. The predicted octanol–water partition coefficient (Wildman–Crippen LogP) is 7.59. The fourth-order valence-corrected chi connectivity index (χ4v) is 4.65. The number of esters is 1. The van der Waals surface area contributed by atoms with Gasteiger partial charge in [-0.05, 0) is 72.6 Å². The first-order chi connectivity index (χ1) is 18.0. The lowest BCUT2D eigenvalue weighted by Gasteiger charge is -2.13. The van der Waals surface area contributed by atoms with Crippen molar-refractivity contribution in [3.8, 4) is 0 Å². The molecule has 2 N–H and O–H groups in total. The molecule has 0 aromatic heterocycles. The summed E-state index contributed by atoms with van der Waals surface area (Å²) < 4.78 is 5.32. The number of halogens is 2. The van der Waals surface area contributed by atoms with Crippen molar-refractivity contribution >= 4 is 58.2 Å². The second-order valence-electron chi connectivity index (χ2n) is 8.03. The number of hydrogen-bond donors (Lipinski definition) is 2. The minimum atomic E-state index is -0.575. The summed E-state index contributed by atoms with van der Waals surface area (Å²) in [5.74, 6) is -1.00. The molecule has 0 saturated heterocycles. The maximum Gasteiger partial charge on any atom is 0.340 e. The Morgan fingerprint density at radius 1 is 0.757 bits per heavy atom. The second kappa shape index (κ2) is 13.2. The molecule has 5 nitrogen and oxygen atoms in total. The van der Waals surface area contributed by atoms with E-state index in [1.54, 1.807) is 18.2 Å². The first-order valence-electron chi connectivity index (χ1n) is 11.5. The van der Waals surface area contributed by atoms with E-state index in [-0.39, 0.29) is 0 Å². The highest BCUT2D eigenvalue weighted by Crippen LogP contribution is 2.33. The van der Waals surface area contributed by atoms with Crippen molar-refractivity contribution < 1.29 is 14.3 Å². The van der Waals surface area contributed by atoms with Crippen LogP contribution in [0.25, 0.3) is 0 Å². The Hall–Kier alpha value is -3.45. The van der Waals surface area contributed by atoms with Crippen LogP contribution in [-0.2, 0) is 16.0 Å². The van der Waals surface area contributed by atoms with E-state index < -0.39 is 18.5 Å². The molecule has 0 fully saturated rings. The molecule has 37 heavy (non-hydrogen) atoms. The van der Waals surface area contributed by atoms with Crippen LogP contribution < -0.4 is 10.6 Å². The van der Waals surface area contributed by atoms with Gasteiger partial charge in [-0.15, -0.1) is 0 Å². The van der Waals surface area contributed by atoms with Crippen molar-refractivity contribution in [2.45, 2.75) is 16.2 Å². The second-order valence-corrected chi connectivity index (χ2v) is 10.0. The third-order valence-corrected chi connectivity index (χ3v) is 6.91. The number of hydrogen-bond acceptors (Lipinski definition) is 5. The zero-order valence-electron chi connectivity index (χ0n) is 19.7. The average Bonchev–Trinajstić information content (AvgIpc) is 2.91. The number of nitrogens with one attached hydrogen (secondary N) is 2. The molecule has 0 atom stereocenters. The van der Waals surface area contributed by atoms with Gasteiger partial charge >= 0.3 is 5.97 Å². The van der Waals surface area contributed by atoms with Gasteiger partial charge in [-0.25, -0.2) is 4.79 Å². The fourth-order valence-electron chi connectivity index (χ4n) is 3.49. The summed E-state index contributed by atoms with van der Waals surface area (Å²) in [4.78, 5) is 27.2. The van der Waals surface area contributed by atoms with Gasteiger partial charge < -0.3 is 15.4 Å². The molecule has 1 amide bonds. The molecule has 0 unspecified atom stereocenters. The molecule has 0 aliphatic carbocycles. The maximum atomic E-state index is 12.8. The van der Waals surface area contributed by atoms with Crippen molar-refractivity contribution in [3.63, 3.8) is 0 Å². The van der Waals surface area contributed by atoms with E-state index in [0.717, 1.165) is 21.8 Å². The number of rotatable bonds is 10. The zero-order chi connectivity index (χ0) is 26.0. The minimum absolute atomic E-state index is 0.366. The molecule has 4 aromatic carbocycles. The van der Waals surface area contributed by atoms with Crippen molar-refractivity contribution in [3.05, 3.63) is 118 Å². The molecule has 0 radical (unpaired) electrons. The van der Waals surface area contributed by atoms with E-state index in [0.29, 0.717) is 33.5 Å². The van der Waals surface area contributed by atoms with E-state index in [1.165, 1.54) is 11.8 Å². The lowest BCUT2D eigenvalue weighted by Crippen LogP contribution is -2.21. The quantitative estimate of drug-likeness (QED) is 0.199. The molecule has 188 valence electrons. The van der Waals surface area contributed by atoms with Gasteiger partial charge in [0.25, 0.3) is 5.91 Å². The van der Waals surface area contributed by atoms with Gasteiger partial charge in [0.2, 0.25) is 0 Å². The number of carbonyl (C=O) groups is 2. The molecule has 4 rings (SSSR count). The average molecular weight is 551 g/mol. The Balaban J connectivity index is 1.31. The monoisotopic (exact) mass is 550 g/mol. The number of benzene rings is 4. The van der Waals surface area contributed by atoms with Crippen molar-refractivity contribution in [2.24, 2.45) is 0 Å². The van der Waals surface area contributed by atoms with Gasteiger partial charge in [0.15, 0.2) is 6.61 Å². The predicted molar refractivity (Wildman–Crippen MR) is 151 cm³/mol. The number of carbonyl (C=O) groups excluding carboxylic acids is 2. The molecule has 0 bridgehead atoms. The third kappa shape index (κ3) is 8.02. The molecule has 0 aliphatic heterocycles. The van der Waals surface area contributed by atoms with E-state index in [9.17, 15) is 9.59 Å². The summed E-state index contributed by atoms with van der Waals surface area (Å²) in [7, 11) is 0. The van der Waals surface area contributed by atoms with Crippen molar-refractivity contribution in [1.82, 2.24) is 0 Å². The van der Waals surface area contributed by atoms with Gasteiger partial charge in [-0.2, -0.15) is 0 Å². The highest BCUT2D eigenvalue weighted by atomic mass is 35.5. The van der Waals surface area contributed by atoms with Crippen LogP contribution in [0.2, 0.25) is 10.0 Å². The van der Waals surface area contributed by atoms with Crippen LogP contribution in [0.3, 0.4) is 0 Å². The normalized spacial score (nSPS) is 10.5. The van der Waals surface area contributed by atoms with Crippen molar-refractivity contribution in [2.75, 3.05) is 23.8 Å². The number of anilines is 2. The van der Waals surface area contributed by atoms with Gasteiger partial charge in [-0.3, -0.25) is 4.79 Å². The third-order valence-electron chi connectivity index (χ3n) is 5.33. The van der Waals surface area contributed by atoms with Crippen LogP contribution in [0.15, 0.2) is 107 Å². The highest BCUT2D eigenvalue weighted by Gasteiger charge is 2.15. The van der Waals surface area contributed by atoms with Gasteiger partial charge in [0, 0.05) is 32.1 Å². The summed E-state index contributed by atoms with van der Waals surface area (Å²) in [5.41, 5.74) is 2.77. The molecule has 0 spiro atoms. The van der Waals surface area contributed by atoms with E-state index in [4.69, 9.17) is 27.9 Å². The first kappa shape index (κ1) is 26.6. The van der Waals surface area contributed by atoms with Gasteiger partial charge in [0.05, 0.1) is 11.3 Å². The molecule has 0 aliphatic rings. The SMILES string of the molecule is O=C(COC(=O)c1ccccc1NCCc1ccc(Cl)cc1)Nc1ccccc1Sc1ccc(Cl)cc1. The Kier molecular flexibility index (Phi) is 9.49. The Labute approximate surface area is 230 Å². The summed E-state index contributed by atoms with van der Waals surface area (Å²) in [5, 5.41) is 7.46. The standard InChI is InChI=1S/C29H24Cl2N2O3S/c30-21-11-9-20(10-12-21)17-18-32-25-6-2-1-5-24(25)29(35)36-19-28(34)33-26-7-3-4-8-27(26)37-23-15-13-22(31)14-16-23/h1-16,32H,17-19H2,(H,33,34). The molecule has 8 heteroatoms. The van der Waals surface area contributed by atoms with Crippen LogP contribution in [0, 0.1) is 0 Å². The van der Waals surface area contributed by atoms with Crippen molar-refractivity contribution in [1.29, 1.82) is 0 Å². The highest BCUT2D eigenvalue weighted by molar-refractivity contribution is 7.99. The summed E-state index contributed by atoms with van der Waals surface area (Å²) in [6, 6.07) is 29.6. The molecular formula is C29H24Cl2N2O3S. The number of para-hydroxylation sites is 2. The van der Waals surface area contributed by atoms with Crippen LogP contribution in [0.5, 0.6) is 0 Å². The summed E-state index contributed by atoms with van der Waals surface area (Å²) in [6.45, 7) is 0.215. The fraction of sp³-hybridized carbons (Fsp3) is 0.103. The van der Waals surface area contributed by atoms with Gasteiger partial charge in [0.1, 0.15) is 0 Å². The molecular weight excluding hydrogens is 527 g/mol.